The third-order valence-electron chi connectivity index (χ3n) is 3.28. The largest absolute Gasteiger partial charge is 0.481 e. The fourth-order valence-electron chi connectivity index (χ4n) is 1.96. The molecule has 0 heterocycles. The lowest BCUT2D eigenvalue weighted by atomic mass is 10.0. The van der Waals surface area contributed by atoms with E-state index in [9.17, 15) is 14.0 Å². The third kappa shape index (κ3) is 7.61. The van der Waals surface area contributed by atoms with Crippen LogP contribution >= 0.6 is 27.5 Å². The summed E-state index contributed by atoms with van der Waals surface area (Å²) in [7, 11) is 0. The van der Waals surface area contributed by atoms with Crippen LogP contribution in [-0.2, 0) is 14.3 Å². The molecule has 146 valence electrons. The van der Waals surface area contributed by atoms with E-state index < -0.39 is 29.3 Å². The molecule has 5 nitrogen and oxygen atoms in total. The van der Waals surface area contributed by atoms with Crippen LogP contribution in [0.5, 0.6) is 5.75 Å². The molecule has 0 radical (unpaired) electrons. The second-order valence-electron chi connectivity index (χ2n) is 6.07. The Bertz CT molecular complexity index is 750. The van der Waals surface area contributed by atoms with E-state index in [1.165, 1.54) is 24.3 Å². The van der Waals surface area contributed by atoms with Crippen LogP contribution in [0.25, 0.3) is 0 Å². The van der Waals surface area contributed by atoms with Gasteiger partial charge in [0.2, 0.25) is 0 Å². The lowest BCUT2D eigenvalue weighted by Gasteiger charge is -2.26. The molecular formula is C19H20BrClFNO4. The Morgan fingerprint density at radius 3 is 2.70 bits per heavy atom. The Balaban J connectivity index is 2.79. The average Bonchev–Trinajstić information content (AvgIpc) is 2.60. The molecule has 0 fully saturated rings. The number of ether oxygens (including phenoxy) is 2. The van der Waals surface area contributed by atoms with Gasteiger partial charge in [-0.3, -0.25) is 4.79 Å². The standard InChI is InChI=1S/C19H20BrClFNO4/c1-5-9-26-16(24)7-8-19(3,4)23-18(25)15(6-2)27-12-10-13(20)17(22)14(21)11-12/h1,7-8,10-11,15H,6,9H2,2-4H3,(H,23,25)/b8-7+/t15-/m1/s1. The number of carbonyl (C=O) groups is 2. The van der Waals surface area contributed by atoms with Gasteiger partial charge in [-0.1, -0.05) is 30.5 Å². The normalized spacial score (nSPS) is 12.3. The van der Waals surface area contributed by atoms with Gasteiger partial charge in [0.1, 0.15) is 5.75 Å². The number of amides is 1. The van der Waals surface area contributed by atoms with Crippen molar-refractivity contribution in [2.75, 3.05) is 6.61 Å². The molecule has 0 spiro atoms. The van der Waals surface area contributed by atoms with Crippen LogP contribution in [-0.4, -0.2) is 30.1 Å². The maximum absolute atomic E-state index is 13.6. The summed E-state index contributed by atoms with van der Waals surface area (Å²) in [6.07, 6.45) is 7.22. The molecule has 27 heavy (non-hydrogen) atoms. The molecule has 8 heteroatoms. The summed E-state index contributed by atoms with van der Waals surface area (Å²) < 4.78 is 24.1. The summed E-state index contributed by atoms with van der Waals surface area (Å²) in [6.45, 7) is 5.05. The molecule has 0 aliphatic rings. The summed E-state index contributed by atoms with van der Waals surface area (Å²) in [5, 5.41) is 2.64. The number of halogens is 3. The van der Waals surface area contributed by atoms with Gasteiger partial charge in [-0.05, 0) is 42.3 Å². The zero-order valence-electron chi connectivity index (χ0n) is 15.1. The molecule has 0 aliphatic heterocycles. The molecule has 1 N–H and O–H groups in total. The van der Waals surface area contributed by atoms with Crippen molar-refractivity contribution in [3.63, 3.8) is 0 Å². The van der Waals surface area contributed by atoms with Gasteiger partial charge < -0.3 is 14.8 Å². The molecule has 0 saturated carbocycles. The predicted molar refractivity (Wildman–Crippen MR) is 105 cm³/mol. The number of benzene rings is 1. The van der Waals surface area contributed by atoms with Crippen molar-refractivity contribution < 1.29 is 23.5 Å². The van der Waals surface area contributed by atoms with E-state index in [1.54, 1.807) is 20.8 Å². The maximum Gasteiger partial charge on any atom is 0.331 e. The van der Waals surface area contributed by atoms with E-state index in [2.05, 4.69) is 27.2 Å². The number of esters is 1. The van der Waals surface area contributed by atoms with E-state index in [1.807, 2.05) is 0 Å². The molecule has 1 amide bonds. The van der Waals surface area contributed by atoms with Gasteiger partial charge in [-0.2, -0.15) is 0 Å². The van der Waals surface area contributed by atoms with Crippen molar-refractivity contribution in [3.05, 3.63) is 39.6 Å². The topological polar surface area (TPSA) is 64.6 Å². The van der Waals surface area contributed by atoms with Crippen LogP contribution in [0.15, 0.2) is 28.8 Å². The Hall–Kier alpha value is -2.04. The minimum Gasteiger partial charge on any atom is -0.481 e. The van der Waals surface area contributed by atoms with Gasteiger partial charge in [-0.25, -0.2) is 9.18 Å². The molecule has 0 aromatic heterocycles. The fraction of sp³-hybridized carbons (Fsp3) is 0.368. The number of terminal acetylenes is 1. The molecule has 0 aliphatic carbocycles. The summed E-state index contributed by atoms with van der Waals surface area (Å²) in [5.74, 6) is 0.821. The molecule has 1 rings (SSSR count). The molecule has 0 unspecified atom stereocenters. The Morgan fingerprint density at radius 2 is 2.15 bits per heavy atom. The highest BCUT2D eigenvalue weighted by Crippen LogP contribution is 2.29. The van der Waals surface area contributed by atoms with Crippen LogP contribution in [0, 0.1) is 18.2 Å². The Labute approximate surface area is 171 Å². The monoisotopic (exact) mass is 459 g/mol. The minimum atomic E-state index is -0.843. The highest BCUT2D eigenvalue weighted by atomic mass is 79.9. The Kier molecular flexibility index (Phi) is 8.80. The van der Waals surface area contributed by atoms with Crippen LogP contribution in [0.4, 0.5) is 4.39 Å². The van der Waals surface area contributed by atoms with Crippen LogP contribution in [0.2, 0.25) is 5.02 Å². The van der Waals surface area contributed by atoms with Crippen molar-refractivity contribution in [2.45, 2.75) is 38.8 Å². The molecule has 1 aromatic rings. The van der Waals surface area contributed by atoms with Crippen LogP contribution in [0.3, 0.4) is 0 Å². The van der Waals surface area contributed by atoms with Crippen molar-refractivity contribution in [3.8, 4) is 18.1 Å². The number of rotatable bonds is 8. The van der Waals surface area contributed by atoms with Gasteiger partial charge in [0, 0.05) is 12.1 Å². The van der Waals surface area contributed by atoms with Crippen molar-refractivity contribution >= 4 is 39.4 Å². The molecular weight excluding hydrogens is 441 g/mol. The van der Waals surface area contributed by atoms with E-state index in [0.29, 0.717) is 6.42 Å². The second-order valence-corrected chi connectivity index (χ2v) is 7.33. The highest BCUT2D eigenvalue weighted by Gasteiger charge is 2.25. The maximum atomic E-state index is 13.6. The molecule has 1 atom stereocenters. The van der Waals surface area contributed by atoms with E-state index in [-0.39, 0.29) is 21.9 Å². The smallest absolute Gasteiger partial charge is 0.331 e. The van der Waals surface area contributed by atoms with E-state index in [0.717, 1.165) is 0 Å². The van der Waals surface area contributed by atoms with Gasteiger partial charge in [-0.15, -0.1) is 6.42 Å². The summed E-state index contributed by atoms with van der Waals surface area (Å²) in [6, 6.07) is 2.69. The Morgan fingerprint density at radius 1 is 1.48 bits per heavy atom. The molecule has 0 bridgehead atoms. The predicted octanol–water partition coefficient (Wildman–Crippen LogP) is 4.03. The second kappa shape index (κ2) is 10.3. The van der Waals surface area contributed by atoms with Crippen LogP contribution in [0.1, 0.15) is 27.2 Å². The summed E-state index contributed by atoms with van der Waals surface area (Å²) in [5.41, 5.74) is -0.843. The van der Waals surface area contributed by atoms with Crippen molar-refractivity contribution in [1.29, 1.82) is 0 Å². The average molecular weight is 461 g/mol. The number of carbonyl (C=O) groups excluding carboxylic acids is 2. The first-order valence-electron chi connectivity index (χ1n) is 8.02. The number of hydrogen-bond acceptors (Lipinski definition) is 4. The minimum absolute atomic E-state index is 0.122. The first-order chi connectivity index (χ1) is 12.6. The lowest BCUT2D eigenvalue weighted by molar-refractivity contribution is -0.136. The number of nitrogens with one attached hydrogen (secondary N) is 1. The first kappa shape index (κ1) is 23.0. The van der Waals surface area contributed by atoms with Gasteiger partial charge >= 0.3 is 5.97 Å². The van der Waals surface area contributed by atoms with Gasteiger partial charge in [0.05, 0.1) is 15.0 Å². The van der Waals surface area contributed by atoms with Crippen LogP contribution < -0.4 is 10.1 Å². The summed E-state index contributed by atoms with van der Waals surface area (Å²) >= 11 is 8.83. The SMILES string of the molecule is C#CCOC(=O)/C=C/C(C)(C)NC(=O)[C@@H](CC)Oc1cc(Cl)c(F)c(Br)c1. The molecule has 0 saturated heterocycles. The van der Waals surface area contributed by atoms with E-state index >= 15 is 0 Å². The van der Waals surface area contributed by atoms with Crippen molar-refractivity contribution in [2.24, 2.45) is 0 Å². The summed E-state index contributed by atoms with van der Waals surface area (Å²) in [4.78, 5) is 24.0. The highest BCUT2D eigenvalue weighted by molar-refractivity contribution is 9.10. The van der Waals surface area contributed by atoms with Gasteiger partial charge in [0.15, 0.2) is 18.5 Å². The fourth-order valence-corrected chi connectivity index (χ4v) is 2.73. The zero-order valence-corrected chi connectivity index (χ0v) is 17.5. The van der Waals surface area contributed by atoms with Gasteiger partial charge in [0.25, 0.3) is 5.91 Å². The first-order valence-corrected chi connectivity index (χ1v) is 9.19. The zero-order chi connectivity index (χ0) is 20.6. The quantitative estimate of drug-likeness (QED) is 0.275. The molecule has 1 aromatic carbocycles. The lowest BCUT2D eigenvalue weighted by Crippen LogP contribution is -2.48. The van der Waals surface area contributed by atoms with E-state index in [4.69, 9.17) is 27.5 Å². The van der Waals surface area contributed by atoms with Crippen molar-refractivity contribution in [1.82, 2.24) is 5.32 Å². The number of hydrogen-bond donors (Lipinski definition) is 1. The third-order valence-corrected chi connectivity index (χ3v) is 4.13.